The normalized spacial score (nSPS) is 15.1. The summed E-state index contributed by atoms with van der Waals surface area (Å²) >= 11 is 3.53. The highest BCUT2D eigenvalue weighted by atomic mass is 79.9. The predicted octanol–water partition coefficient (Wildman–Crippen LogP) is 5.43. The topological polar surface area (TPSA) is 27.7 Å². The molecule has 1 atom stereocenters. The summed E-state index contributed by atoms with van der Waals surface area (Å²) in [5, 5.41) is 0. The standard InChI is InChI=1S/C23H21BrO3/c1-25-22-11-8-19(24)13-18(22)12-16-6-9-20(10-7-16)26-15-21-14-17-4-2-3-5-23(17)27-21/h2-11,13,21H,12,14-15H2,1H3. The zero-order valence-corrected chi connectivity index (χ0v) is 16.7. The molecule has 138 valence electrons. The van der Waals surface area contributed by atoms with Gasteiger partial charge in [0.1, 0.15) is 30.0 Å². The van der Waals surface area contributed by atoms with Gasteiger partial charge in [-0.1, -0.05) is 46.3 Å². The molecule has 1 aliphatic rings. The molecule has 0 fully saturated rings. The van der Waals surface area contributed by atoms with Gasteiger partial charge in [0, 0.05) is 17.3 Å². The molecule has 0 aliphatic carbocycles. The van der Waals surface area contributed by atoms with E-state index in [2.05, 4.69) is 40.2 Å². The summed E-state index contributed by atoms with van der Waals surface area (Å²) in [4.78, 5) is 0. The molecule has 0 bridgehead atoms. The Bertz CT molecular complexity index is 896. The van der Waals surface area contributed by atoms with Crippen LogP contribution in [0.4, 0.5) is 0 Å². The minimum atomic E-state index is 0.0769. The Hall–Kier alpha value is -2.46. The van der Waals surface area contributed by atoms with Crippen molar-refractivity contribution in [3.8, 4) is 17.2 Å². The Kier molecular flexibility index (Phi) is 5.35. The molecule has 1 heterocycles. The lowest BCUT2D eigenvalue weighted by Crippen LogP contribution is -2.22. The lowest BCUT2D eigenvalue weighted by Gasteiger charge is -2.13. The number of methoxy groups -OCH3 is 1. The first kappa shape index (κ1) is 17.9. The van der Waals surface area contributed by atoms with Crippen LogP contribution in [0.25, 0.3) is 0 Å². The first-order chi connectivity index (χ1) is 13.2. The average Bonchev–Trinajstić information content (AvgIpc) is 3.11. The smallest absolute Gasteiger partial charge is 0.137 e. The largest absolute Gasteiger partial charge is 0.496 e. The number of rotatable bonds is 6. The summed E-state index contributed by atoms with van der Waals surface area (Å²) in [7, 11) is 1.70. The van der Waals surface area contributed by atoms with Gasteiger partial charge in [-0.3, -0.25) is 0 Å². The predicted molar refractivity (Wildman–Crippen MR) is 110 cm³/mol. The van der Waals surface area contributed by atoms with Gasteiger partial charge in [0.2, 0.25) is 0 Å². The van der Waals surface area contributed by atoms with Crippen molar-refractivity contribution >= 4 is 15.9 Å². The quantitative estimate of drug-likeness (QED) is 0.527. The van der Waals surface area contributed by atoms with Crippen molar-refractivity contribution in [2.24, 2.45) is 0 Å². The number of fused-ring (bicyclic) bond motifs is 1. The summed E-state index contributed by atoms with van der Waals surface area (Å²) in [6.07, 6.45) is 1.79. The molecule has 0 N–H and O–H groups in total. The van der Waals surface area contributed by atoms with Gasteiger partial charge in [-0.05, 0) is 53.1 Å². The first-order valence-electron chi connectivity index (χ1n) is 9.00. The number of benzene rings is 3. The minimum absolute atomic E-state index is 0.0769. The van der Waals surface area contributed by atoms with E-state index in [1.807, 2.05) is 42.5 Å². The van der Waals surface area contributed by atoms with Gasteiger partial charge in [-0.15, -0.1) is 0 Å². The highest BCUT2D eigenvalue weighted by Crippen LogP contribution is 2.29. The van der Waals surface area contributed by atoms with Crippen LogP contribution in [0, 0.1) is 0 Å². The summed E-state index contributed by atoms with van der Waals surface area (Å²) in [6, 6.07) is 22.5. The van der Waals surface area contributed by atoms with E-state index in [1.165, 1.54) is 11.1 Å². The number of ether oxygens (including phenoxy) is 3. The third-order valence-corrected chi connectivity index (χ3v) is 5.20. The SMILES string of the molecule is COc1ccc(Br)cc1Cc1ccc(OCC2Cc3ccccc3O2)cc1. The maximum Gasteiger partial charge on any atom is 0.137 e. The van der Waals surface area contributed by atoms with Gasteiger partial charge >= 0.3 is 0 Å². The summed E-state index contributed by atoms with van der Waals surface area (Å²) < 4.78 is 18.4. The van der Waals surface area contributed by atoms with E-state index < -0.39 is 0 Å². The maximum absolute atomic E-state index is 5.93. The minimum Gasteiger partial charge on any atom is -0.496 e. The fraction of sp³-hybridized carbons (Fsp3) is 0.217. The molecule has 4 heteroatoms. The van der Waals surface area contributed by atoms with Crippen molar-refractivity contribution in [2.75, 3.05) is 13.7 Å². The zero-order chi connectivity index (χ0) is 18.6. The number of para-hydroxylation sites is 1. The molecule has 0 spiro atoms. The highest BCUT2D eigenvalue weighted by molar-refractivity contribution is 9.10. The molecule has 3 aromatic rings. The van der Waals surface area contributed by atoms with Crippen molar-refractivity contribution in [2.45, 2.75) is 18.9 Å². The molecule has 0 saturated carbocycles. The molecule has 0 radical (unpaired) electrons. The van der Waals surface area contributed by atoms with E-state index in [0.717, 1.165) is 40.1 Å². The Morgan fingerprint density at radius 1 is 1.04 bits per heavy atom. The van der Waals surface area contributed by atoms with E-state index in [4.69, 9.17) is 14.2 Å². The summed E-state index contributed by atoms with van der Waals surface area (Å²) in [5.74, 6) is 2.74. The summed E-state index contributed by atoms with van der Waals surface area (Å²) in [5.41, 5.74) is 3.62. The van der Waals surface area contributed by atoms with Crippen molar-refractivity contribution in [1.29, 1.82) is 0 Å². The fourth-order valence-corrected chi connectivity index (χ4v) is 3.75. The molecule has 4 rings (SSSR count). The lowest BCUT2D eigenvalue weighted by atomic mass is 10.0. The molecular weight excluding hydrogens is 404 g/mol. The van der Waals surface area contributed by atoms with E-state index in [0.29, 0.717) is 6.61 Å². The Balaban J connectivity index is 1.35. The molecule has 27 heavy (non-hydrogen) atoms. The van der Waals surface area contributed by atoms with Crippen molar-refractivity contribution in [1.82, 2.24) is 0 Å². The van der Waals surface area contributed by atoms with Crippen LogP contribution in [0.1, 0.15) is 16.7 Å². The monoisotopic (exact) mass is 424 g/mol. The van der Waals surface area contributed by atoms with Gasteiger partial charge in [0.15, 0.2) is 0 Å². The van der Waals surface area contributed by atoms with E-state index in [9.17, 15) is 0 Å². The van der Waals surface area contributed by atoms with E-state index in [-0.39, 0.29) is 6.10 Å². The van der Waals surface area contributed by atoms with Gasteiger partial charge in [0.05, 0.1) is 7.11 Å². The van der Waals surface area contributed by atoms with Crippen LogP contribution in [0.3, 0.4) is 0 Å². The molecule has 1 aliphatic heterocycles. The highest BCUT2D eigenvalue weighted by Gasteiger charge is 2.22. The second kappa shape index (κ2) is 8.05. The van der Waals surface area contributed by atoms with E-state index >= 15 is 0 Å². The maximum atomic E-state index is 5.93. The second-order valence-corrected chi connectivity index (χ2v) is 7.56. The zero-order valence-electron chi connectivity index (χ0n) is 15.2. The number of hydrogen-bond acceptors (Lipinski definition) is 3. The van der Waals surface area contributed by atoms with Crippen LogP contribution in [0.2, 0.25) is 0 Å². The Morgan fingerprint density at radius 2 is 1.85 bits per heavy atom. The molecule has 0 saturated heterocycles. The van der Waals surface area contributed by atoms with Crippen LogP contribution >= 0.6 is 15.9 Å². The Labute approximate surface area is 168 Å². The molecule has 3 nitrogen and oxygen atoms in total. The van der Waals surface area contributed by atoms with Gasteiger partial charge in [0.25, 0.3) is 0 Å². The fourth-order valence-electron chi connectivity index (χ4n) is 3.34. The van der Waals surface area contributed by atoms with Crippen LogP contribution in [-0.4, -0.2) is 19.8 Å². The molecule has 0 aromatic heterocycles. The van der Waals surface area contributed by atoms with Gasteiger partial charge in [-0.2, -0.15) is 0 Å². The third-order valence-electron chi connectivity index (χ3n) is 4.71. The van der Waals surface area contributed by atoms with Crippen LogP contribution in [0.5, 0.6) is 17.2 Å². The van der Waals surface area contributed by atoms with Crippen molar-refractivity contribution in [3.05, 3.63) is 87.9 Å². The number of halogens is 1. The molecule has 0 amide bonds. The van der Waals surface area contributed by atoms with Crippen LogP contribution in [0.15, 0.2) is 71.2 Å². The van der Waals surface area contributed by atoms with Crippen molar-refractivity contribution < 1.29 is 14.2 Å². The van der Waals surface area contributed by atoms with Gasteiger partial charge < -0.3 is 14.2 Å². The second-order valence-electron chi connectivity index (χ2n) is 6.64. The molecular formula is C23H21BrO3. The molecule has 3 aromatic carbocycles. The molecule has 1 unspecified atom stereocenters. The first-order valence-corrected chi connectivity index (χ1v) is 9.79. The summed E-state index contributed by atoms with van der Waals surface area (Å²) in [6.45, 7) is 0.549. The van der Waals surface area contributed by atoms with Crippen LogP contribution < -0.4 is 14.2 Å². The lowest BCUT2D eigenvalue weighted by molar-refractivity contribution is 0.148. The van der Waals surface area contributed by atoms with Gasteiger partial charge in [-0.25, -0.2) is 0 Å². The number of hydrogen-bond donors (Lipinski definition) is 0. The van der Waals surface area contributed by atoms with Crippen LogP contribution in [-0.2, 0) is 12.8 Å². The van der Waals surface area contributed by atoms with E-state index in [1.54, 1.807) is 7.11 Å². The Morgan fingerprint density at radius 3 is 2.63 bits per heavy atom. The average molecular weight is 425 g/mol. The van der Waals surface area contributed by atoms with Crippen molar-refractivity contribution in [3.63, 3.8) is 0 Å². The third kappa shape index (κ3) is 4.28.